The van der Waals surface area contributed by atoms with Gasteiger partial charge in [-0.1, -0.05) is 35.9 Å². The minimum atomic E-state index is 0.0275. The van der Waals surface area contributed by atoms with E-state index in [4.69, 9.17) is 11.6 Å². The van der Waals surface area contributed by atoms with Crippen molar-refractivity contribution in [2.45, 2.75) is 5.92 Å². The summed E-state index contributed by atoms with van der Waals surface area (Å²) in [6.07, 6.45) is 0. The summed E-state index contributed by atoms with van der Waals surface area (Å²) in [5.41, 5.74) is 4.25. The van der Waals surface area contributed by atoms with Gasteiger partial charge in [-0.3, -0.25) is 0 Å². The molecule has 1 heterocycles. The highest BCUT2D eigenvalue weighted by Crippen LogP contribution is 2.41. The van der Waals surface area contributed by atoms with Crippen molar-refractivity contribution in [3.05, 3.63) is 58.6 Å². The number of benzene rings is 2. The number of anilines is 2. The first kappa shape index (κ1) is 10.6. The molecule has 1 atom stereocenters. The van der Waals surface area contributed by atoms with Gasteiger partial charge in [0.25, 0.3) is 0 Å². The normalized spacial score (nSPS) is 16.9. The van der Waals surface area contributed by atoms with E-state index in [1.54, 1.807) is 0 Å². The van der Waals surface area contributed by atoms with E-state index in [1.165, 1.54) is 0 Å². The molecule has 0 aromatic heterocycles. The summed E-state index contributed by atoms with van der Waals surface area (Å²) in [6.45, 7) is 0.104. The minimum Gasteiger partial charge on any atom is -0.395 e. The largest absolute Gasteiger partial charge is 0.395 e. The van der Waals surface area contributed by atoms with Crippen LogP contribution in [0, 0.1) is 0 Å². The van der Waals surface area contributed by atoms with E-state index in [2.05, 4.69) is 5.32 Å². The van der Waals surface area contributed by atoms with E-state index < -0.39 is 0 Å². The van der Waals surface area contributed by atoms with Crippen LogP contribution in [0.25, 0.3) is 0 Å². The van der Waals surface area contributed by atoms with Crippen LogP contribution in [0.5, 0.6) is 0 Å². The molecule has 0 bridgehead atoms. The standard InChI is InChI=1S/C14H12ClNO/c15-9-5-6-11-12(8-17)10-3-1-2-4-13(10)16-14(11)7-9/h1-7,12,16-17H,8H2. The highest BCUT2D eigenvalue weighted by Gasteiger charge is 2.24. The maximum Gasteiger partial charge on any atom is 0.0542 e. The van der Waals surface area contributed by atoms with Crippen molar-refractivity contribution in [1.82, 2.24) is 0 Å². The molecular weight excluding hydrogens is 234 g/mol. The lowest BCUT2D eigenvalue weighted by molar-refractivity contribution is 0.280. The van der Waals surface area contributed by atoms with Gasteiger partial charge in [-0.15, -0.1) is 0 Å². The highest BCUT2D eigenvalue weighted by molar-refractivity contribution is 6.30. The van der Waals surface area contributed by atoms with Gasteiger partial charge in [0, 0.05) is 22.3 Å². The molecule has 1 aliphatic heterocycles. The van der Waals surface area contributed by atoms with Gasteiger partial charge in [0.2, 0.25) is 0 Å². The fraction of sp³-hybridized carbons (Fsp3) is 0.143. The highest BCUT2D eigenvalue weighted by atomic mass is 35.5. The number of aliphatic hydroxyl groups is 1. The maximum atomic E-state index is 9.59. The van der Waals surface area contributed by atoms with Gasteiger partial charge < -0.3 is 10.4 Å². The Morgan fingerprint density at radius 1 is 1.06 bits per heavy atom. The number of aliphatic hydroxyl groups excluding tert-OH is 1. The van der Waals surface area contributed by atoms with Crippen LogP contribution < -0.4 is 5.32 Å². The third-order valence-electron chi connectivity index (χ3n) is 3.18. The zero-order valence-electron chi connectivity index (χ0n) is 9.15. The molecule has 0 aliphatic carbocycles. The molecule has 0 fully saturated rings. The van der Waals surface area contributed by atoms with Crippen LogP contribution in [0.2, 0.25) is 5.02 Å². The van der Waals surface area contributed by atoms with E-state index in [0.29, 0.717) is 5.02 Å². The fourth-order valence-corrected chi connectivity index (χ4v) is 2.54. The zero-order valence-corrected chi connectivity index (χ0v) is 9.91. The summed E-state index contributed by atoms with van der Waals surface area (Å²) in [5.74, 6) is 0.0275. The lowest BCUT2D eigenvalue weighted by Gasteiger charge is -2.28. The molecule has 0 amide bonds. The van der Waals surface area contributed by atoms with E-state index in [0.717, 1.165) is 22.5 Å². The second kappa shape index (κ2) is 4.06. The molecule has 2 aromatic carbocycles. The molecule has 2 nitrogen and oxygen atoms in total. The molecule has 3 rings (SSSR count). The Hall–Kier alpha value is -1.51. The number of nitrogens with one attached hydrogen (secondary N) is 1. The van der Waals surface area contributed by atoms with Crippen LogP contribution in [0.1, 0.15) is 17.0 Å². The van der Waals surface area contributed by atoms with E-state index in [1.807, 2.05) is 42.5 Å². The molecule has 2 aromatic rings. The average molecular weight is 246 g/mol. The Balaban J connectivity index is 2.18. The van der Waals surface area contributed by atoms with Crippen LogP contribution in [0.15, 0.2) is 42.5 Å². The van der Waals surface area contributed by atoms with Crippen molar-refractivity contribution in [1.29, 1.82) is 0 Å². The van der Waals surface area contributed by atoms with E-state index in [9.17, 15) is 5.11 Å². The van der Waals surface area contributed by atoms with Gasteiger partial charge in [-0.25, -0.2) is 0 Å². The molecule has 1 aliphatic rings. The number of hydrogen-bond donors (Lipinski definition) is 2. The Labute approximate surface area is 105 Å². The Morgan fingerprint density at radius 2 is 1.82 bits per heavy atom. The van der Waals surface area contributed by atoms with Gasteiger partial charge in [0.05, 0.1) is 6.61 Å². The van der Waals surface area contributed by atoms with Gasteiger partial charge in [-0.2, -0.15) is 0 Å². The predicted molar refractivity (Wildman–Crippen MR) is 70.1 cm³/mol. The fourth-order valence-electron chi connectivity index (χ4n) is 2.36. The van der Waals surface area contributed by atoms with Gasteiger partial charge in [0.15, 0.2) is 0 Å². The second-order valence-corrected chi connectivity index (χ2v) is 4.62. The third-order valence-corrected chi connectivity index (χ3v) is 3.41. The van der Waals surface area contributed by atoms with E-state index >= 15 is 0 Å². The van der Waals surface area contributed by atoms with Crippen molar-refractivity contribution in [3.8, 4) is 0 Å². The monoisotopic (exact) mass is 245 g/mol. The van der Waals surface area contributed by atoms with E-state index in [-0.39, 0.29) is 12.5 Å². The first-order valence-electron chi connectivity index (χ1n) is 5.56. The number of halogens is 1. The molecule has 3 heteroatoms. The van der Waals surface area contributed by atoms with Gasteiger partial charge in [0.1, 0.15) is 0 Å². The lowest BCUT2D eigenvalue weighted by Crippen LogP contribution is -2.15. The molecule has 0 saturated heterocycles. The number of rotatable bonds is 1. The smallest absolute Gasteiger partial charge is 0.0542 e. The van der Waals surface area contributed by atoms with Crippen LogP contribution in [-0.4, -0.2) is 11.7 Å². The number of hydrogen-bond acceptors (Lipinski definition) is 2. The Kier molecular flexibility index (Phi) is 2.54. The molecule has 0 saturated carbocycles. The minimum absolute atomic E-state index is 0.0275. The van der Waals surface area contributed by atoms with Crippen molar-refractivity contribution in [2.75, 3.05) is 11.9 Å². The van der Waals surface area contributed by atoms with Crippen LogP contribution in [0.4, 0.5) is 11.4 Å². The molecule has 0 radical (unpaired) electrons. The average Bonchev–Trinajstić information content (AvgIpc) is 2.35. The first-order chi connectivity index (χ1) is 8.29. The Morgan fingerprint density at radius 3 is 2.65 bits per heavy atom. The predicted octanol–water partition coefficient (Wildman–Crippen LogP) is 3.52. The molecular formula is C14H12ClNO. The zero-order chi connectivity index (χ0) is 11.8. The van der Waals surface area contributed by atoms with Crippen LogP contribution >= 0.6 is 11.6 Å². The molecule has 0 spiro atoms. The summed E-state index contributed by atoms with van der Waals surface area (Å²) in [7, 11) is 0. The lowest BCUT2D eigenvalue weighted by atomic mass is 9.86. The maximum absolute atomic E-state index is 9.59. The first-order valence-corrected chi connectivity index (χ1v) is 5.93. The SMILES string of the molecule is OCC1c2ccccc2Nc2cc(Cl)ccc21. The molecule has 17 heavy (non-hydrogen) atoms. The molecule has 86 valence electrons. The van der Waals surface area contributed by atoms with Crippen molar-refractivity contribution >= 4 is 23.0 Å². The van der Waals surface area contributed by atoms with Crippen molar-refractivity contribution < 1.29 is 5.11 Å². The van der Waals surface area contributed by atoms with Crippen molar-refractivity contribution in [3.63, 3.8) is 0 Å². The van der Waals surface area contributed by atoms with Crippen LogP contribution in [0.3, 0.4) is 0 Å². The second-order valence-electron chi connectivity index (χ2n) is 4.18. The molecule has 2 N–H and O–H groups in total. The topological polar surface area (TPSA) is 32.3 Å². The summed E-state index contributed by atoms with van der Waals surface area (Å²) in [5, 5.41) is 13.6. The number of fused-ring (bicyclic) bond motifs is 2. The quantitative estimate of drug-likeness (QED) is 0.806. The van der Waals surface area contributed by atoms with Crippen molar-refractivity contribution in [2.24, 2.45) is 0 Å². The van der Waals surface area contributed by atoms with Crippen LogP contribution in [-0.2, 0) is 0 Å². The van der Waals surface area contributed by atoms with Gasteiger partial charge in [-0.05, 0) is 29.3 Å². The molecule has 1 unspecified atom stereocenters. The summed E-state index contributed by atoms with van der Waals surface area (Å²) < 4.78 is 0. The summed E-state index contributed by atoms with van der Waals surface area (Å²) in [4.78, 5) is 0. The van der Waals surface area contributed by atoms with Gasteiger partial charge >= 0.3 is 0 Å². The summed E-state index contributed by atoms with van der Waals surface area (Å²) in [6, 6.07) is 13.8. The Bertz CT molecular complexity index is 568. The number of para-hydroxylation sites is 1. The summed E-state index contributed by atoms with van der Waals surface area (Å²) >= 11 is 5.99. The third kappa shape index (κ3) is 1.70.